The molecule has 2 aromatic heterocycles. The Labute approximate surface area is 127 Å². The molecule has 5 rings (SSSR count). The molecule has 2 atom stereocenters. The van der Waals surface area contributed by atoms with Crippen molar-refractivity contribution < 1.29 is 4.39 Å². The van der Waals surface area contributed by atoms with Gasteiger partial charge < -0.3 is 0 Å². The topological polar surface area (TPSA) is 29.0 Å². The van der Waals surface area contributed by atoms with Crippen molar-refractivity contribution in [1.82, 2.24) is 14.9 Å². The summed E-state index contributed by atoms with van der Waals surface area (Å²) in [5.74, 6) is 0.949. The van der Waals surface area contributed by atoms with Gasteiger partial charge in [0.25, 0.3) is 0 Å². The highest BCUT2D eigenvalue weighted by atomic mass is 32.1. The molecule has 2 bridgehead atoms. The SMILES string of the molecule is C[C@H]1[C@H](c2csc(-c3ccncc3F)n2)C2CCN1CC2. The van der Waals surface area contributed by atoms with E-state index < -0.39 is 0 Å². The molecule has 0 unspecified atom stereocenters. The average molecular weight is 303 g/mol. The third-order valence-corrected chi connectivity index (χ3v) is 5.94. The molecular weight excluding hydrogens is 285 g/mol. The minimum absolute atomic E-state index is 0.291. The van der Waals surface area contributed by atoms with Crippen LogP contribution in [0.5, 0.6) is 0 Å². The van der Waals surface area contributed by atoms with Gasteiger partial charge in [0.15, 0.2) is 5.82 Å². The molecule has 110 valence electrons. The molecule has 0 radical (unpaired) electrons. The maximum absolute atomic E-state index is 13.8. The third-order valence-electron chi connectivity index (χ3n) is 5.04. The number of nitrogens with zero attached hydrogens (tertiary/aromatic N) is 3. The molecule has 0 saturated carbocycles. The zero-order valence-corrected chi connectivity index (χ0v) is 12.8. The molecule has 3 aliphatic rings. The summed E-state index contributed by atoms with van der Waals surface area (Å²) in [6.07, 6.45) is 5.42. The number of hydrogen-bond donors (Lipinski definition) is 0. The zero-order valence-electron chi connectivity index (χ0n) is 12.0. The Bertz CT molecular complexity index is 646. The normalized spacial score (nSPS) is 31.5. The predicted molar refractivity (Wildman–Crippen MR) is 81.8 cm³/mol. The van der Waals surface area contributed by atoms with Gasteiger partial charge in [0, 0.05) is 29.1 Å². The molecule has 5 heterocycles. The highest BCUT2D eigenvalue weighted by molar-refractivity contribution is 7.13. The van der Waals surface area contributed by atoms with Crippen LogP contribution < -0.4 is 0 Å². The fraction of sp³-hybridized carbons (Fsp3) is 0.500. The Kier molecular flexibility index (Phi) is 3.27. The van der Waals surface area contributed by atoms with E-state index in [1.807, 2.05) is 0 Å². The Hall–Kier alpha value is -1.33. The van der Waals surface area contributed by atoms with Gasteiger partial charge in [0.1, 0.15) is 5.01 Å². The van der Waals surface area contributed by atoms with E-state index in [1.54, 1.807) is 23.6 Å². The first-order valence-corrected chi connectivity index (χ1v) is 8.41. The molecule has 0 aliphatic carbocycles. The van der Waals surface area contributed by atoms with Crippen LogP contribution in [0.2, 0.25) is 0 Å². The quantitative estimate of drug-likeness (QED) is 0.849. The van der Waals surface area contributed by atoms with E-state index in [2.05, 4.69) is 22.2 Å². The standard InChI is InChI=1S/C16H18FN3S/c1-10-15(11-3-6-20(10)7-4-11)14-9-21-16(19-14)12-2-5-18-8-13(12)17/h2,5,8-11,15H,3-4,6-7H2,1H3/t10-,15-/m0/s1. The number of thiazole rings is 1. The van der Waals surface area contributed by atoms with E-state index in [-0.39, 0.29) is 5.82 Å². The second-order valence-corrected chi connectivity index (χ2v) is 6.93. The molecule has 3 saturated heterocycles. The van der Waals surface area contributed by atoms with Crippen molar-refractivity contribution in [1.29, 1.82) is 0 Å². The summed E-state index contributed by atoms with van der Waals surface area (Å²) in [6.45, 7) is 4.75. The van der Waals surface area contributed by atoms with Gasteiger partial charge in [0.05, 0.1) is 11.9 Å². The van der Waals surface area contributed by atoms with Crippen LogP contribution in [-0.4, -0.2) is 34.0 Å². The fourth-order valence-corrected chi connectivity index (χ4v) is 4.80. The first-order valence-electron chi connectivity index (χ1n) is 7.53. The smallest absolute Gasteiger partial charge is 0.151 e. The second kappa shape index (κ2) is 5.14. The first-order chi connectivity index (χ1) is 10.2. The van der Waals surface area contributed by atoms with Crippen molar-refractivity contribution in [3.05, 3.63) is 35.4 Å². The minimum Gasteiger partial charge on any atom is -0.300 e. The van der Waals surface area contributed by atoms with Gasteiger partial charge in [-0.15, -0.1) is 11.3 Å². The Morgan fingerprint density at radius 1 is 1.33 bits per heavy atom. The summed E-state index contributed by atoms with van der Waals surface area (Å²) in [4.78, 5) is 11.1. The summed E-state index contributed by atoms with van der Waals surface area (Å²) in [6, 6.07) is 2.26. The maximum atomic E-state index is 13.8. The highest BCUT2D eigenvalue weighted by Gasteiger charge is 2.41. The van der Waals surface area contributed by atoms with Gasteiger partial charge in [-0.2, -0.15) is 0 Å². The van der Waals surface area contributed by atoms with Crippen molar-refractivity contribution in [2.75, 3.05) is 13.1 Å². The van der Waals surface area contributed by atoms with Gasteiger partial charge in [-0.1, -0.05) is 0 Å². The fourth-order valence-electron chi connectivity index (χ4n) is 3.91. The van der Waals surface area contributed by atoms with Crippen LogP contribution in [0.25, 0.3) is 10.6 Å². The van der Waals surface area contributed by atoms with Crippen LogP contribution in [-0.2, 0) is 0 Å². The molecule has 21 heavy (non-hydrogen) atoms. The van der Waals surface area contributed by atoms with Crippen LogP contribution in [0, 0.1) is 11.7 Å². The molecule has 3 nitrogen and oxygen atoms in total. The lowest BCUT2D eigenvalue weighted by molar-refractivity contribution is 0.0337. The monoisotopic (exact) mass is 303 g/mol. The number of aromatic nitrogens is 2. The number of rotatable bonds is 2. The lowest BCUT2D eigenvalue weighted by Crippen LogP contribution is -2.52. The number of halogens is 1. The second-order valence-electron chi connectivity index (χ2n) is 6.07. The maximum Gasteiger partial charge on any atom is 0.151 e. The molecule has 0 N–H and O–H groups in total. The molecular formula is C16H18FN3S. The summed E-state index contributed by atoms with van der Waals surface area (Å²) >= 11 is 1.54. The number of pyridine rings is 1. The number of piperidine rings is 3. The van der Waals surface area contributed by atoms with Crippen LogP contribution in [0.3, 0.4) is 0 Å². The predicted octanol–water partition coefficient (Wildman–Crippen LogP) is 3.54. The summed E-state index contributed by atoms with van der Waals surface area (Å²) in [5, 5.41) is 2.90. The molecule has 2 aromatic rings. The average Bonchev–Trinajstić information content (AvgIpc) is 2.98. The largest absolute Gasteiger partial charge is 0.300 e. The van der Waals surface area contributed by atoms with Crippen molar-refractivity contribution in [2.45, 2.75) is 31.7 Å². The number of fused-ring (bicyclic) bond motifs is 3. The van der Waals surface area contributed by atoms with E-state index in [0.717, 1.165) is 16.6 Å². The van der Waals surface area contributed by atoms with Crippen molar-refractivity contribution in [3.63, 3.8) is 0 Å². The van der Waals surface area contributed by atoms with E-state index in [4.69, 9.17) is 4.98 Å². The van der Waals surface area contributed by atoms with Crippen molar-refractivity contribution >= 4 is 11.3 Å². The van der Waals surface area contributed by atoms with Gasteiger partial charge in [-0.05, 0) is 44.8 Å². The molecule has 3 aliphatic heterocycles. The summed E-state index contributed by atoms with van der Waals surface area (Å²) in [7, 11) is 0. The highest BCUT2D eigenvalue weighted by Crippen LogP contribution is 2.44. The zero-order chi connectivity index (χ0) is 14.4. The van der Waals surface area contributed by atoms with E-state index in [1.165, 1.54) is 32.1 Å². The Balaban J connectivity index is 1.67. The van der Waals surface area contributed by atoms with Crippen LogP contribution in [0.1, 0.15) is 31.4 Å². The number of hydrogen-bond acceptors (Lipinski definition) is 4. The molecule has 0 spiro atoms. The van der Waals surface area contributed by atoms with Gasteiger partial charge in [0.2, 0.25) is 0 Å². The van der Waals surface area contributed by atoms with E-state index in [0.29, 0.717) is 17.5 Å². The van der Waals surface area contributed by atoms with Gasteiger partial charge in [-0.25, -0.2) is 9.37 Å². The molecule has 3 fully saturated rings. The van der Waals surface area contributed by atoms with Crippen molar-refractivity contribution in [3.8, 4) is 10.6 Å². The van der Waals surface area contributed by atoms with E-state index >= 15 is 0 Å². The molecule has 0 amide bonds. The van der Waals surface area contributed by atoms with Crippen LogP contribution in [0.15, 0.2) is 23.8 Å². The van der Waals surface area contributed by atoms with Crippen LogP contribution >= 0.6 is 11.3 Å². The lowest BCUT2D eigenvalue weighted by Gasteiger charge is -2.49. The summed E-state index contributed by atoms with van der Waals surface area (Å²) < 4.78 is 13.8. The minimum atomic E-state index is -0.291. The first kappa shape index (κ1) is 13.3. The third kappa shape index (κ3) is 2.19. The molecule has 0 aromatic carbocycles. The van der Waals surface area contributed by atoms with Gasteiger partial charge >= 0.3 is 0 Å². The van der Waals surface area contributed by atoms with Crippen molar-refractivity contribution in [2.24, 2.45) is 5.92 Å². The summed E-state index contributed by atoms with van der Waals surface area (Å²) in [5.41, 5.74) is 1.71. The Morgan fingerprint density at radius 3 is 2.86 bits per heavy atom. The van der Waals surface area contributed by atoms with Gasteiger partial charge in [-0.3, -0.25) is 9.88 Å². The lowest BCUT2D eigenvalue weighted by atomic mass is 9.73. The van der Waals surface area contributed by atoms with E-state index in [9.17, 15) is 4.39 Å². The Morgan fingerprint density at radius 2 is 2.14 bits per heavy atom. The van der Waals surface area contributed by atoms with Crippen LogP contribution in [0.4, 0.5) is 4.39 Å². The molecule has 5 heteroatoms.